The lowest BCUT2D eigenvalue weighted by molar-refractivity contribution is 0.844. The summed E-state index contributed by atoms with van der Waals surface area (Å²) in [6, 6.07) is 23.6. The van der Waals surface area contributed by atoms with Gasteiger partial charge < -0.3 is 10.6 Å². The molecular formula is C30H18BrCl4N5OS. The van der Waals surface area contributed by atoms with Gasteiger partial charge in [-0.1, -0.05) is 86.6 Å². The zero-order valence-electron chi connectivity index (χ0n) is 21.3. The minimum absolute atomic E-state index is 0.238. The zero-order valence-corrected chi connectivity index (χ0v) is 26.8. The number of hydrogen-bond acceptors (Lipinski definition) is 6. The largest absolute Gasteiger partial charge is 0.353 e. The van der Waals surface area contributed by atoms with Gasteiger partial charge in [-0.3, -0.25) is 4.79 Å². The van der Waals surface area contributed by atoms with Crippen LogP contribution in [0.5, 0.6) is 0 Å². The Morgan fingerprint density at radius 3 is 2.40 bits per heavy atom. The topological polar surface area (TPSA) is 71.8 Å². The second-order valence-corrected chi connectivity index (χ2v) is 12.6. The molecule has 0 aliphatic carbocycles. The van der Waals surface area contributed by atoms with Gasteiger partial charge in [-0.25, -0.2) is 14.5 Å². The zero-order chi connectivity index (χ0) is 29.4. The fourth-order valence-corrected chi connectivity index (χ4v) is 6.36. The lowest BCUT2D eigenvalue weighted by atomic mass is 10.1. The van der Waals surface area contributed by atoms with E-state index in [-0.39, 0.29) is 5.56 Å². The van der Waals surface area contributed by atoms with Gasteiger partial charge in [-0.15, -0.1) is 11.3 Å². The van der Waals surface area contributed by atoms with Crippen LogP contribution in [0, 0.1) is 0 Å². The van der Waals surface area contributed by atoms with Crippen molar-refractivity contribution in [1.82, 2.24) is 14.5 Å². The number of nitrogens with zero attached hydrogens (tertiary/aromatic N) is 3. The molecule has 6 aromatic rings. The van der Waals surface area contributed by atoms with Gasteiger partial charge in [0.25, 0.3) is 5.56 Å². The Balaban J connectivity index is 1.44. The van der Waals surface area contributed by atoms with Crippen molar-refractivity contribution in [3.05, 3.63) is 131 Å². The Kier molecular flexibility index (Phi) is 8.45. The summed E-state index contributed by atoms with van der Waals surface area (Å²) in [5, 5.41) is 11.3. The maximum atomic E-state index is 14.0. The molecule has 6 rings (SSSR count). The number of fused-ring (bicyclic) bond motifs is 1. The molecule has 2 heterocycles. The van der Waals surface area contributed by atoms with E-state index in [0.29, 0.717) is 65.6 Å². The summed E-state index contributed by atoms with van der Waals surface area (Å²) >= 11 is 30.2. The average molecular weight is 718 g/mol. The van der Waals surface area contributed by atoms with Crippen molar-refractivity contribution in [2.75, 3.05) is 10.6 Å². The smallest absolute Gasteiger partial charge is 0.267 e. The van der Waals surface area contributed by atoms with E-state index in [2.05, 4.69) is 26.6 Å². The van der Waals surface area contributed by atoms with Gasteiger partial charge in [0.2, 0.25) is 0 Å². The highest BCUT2D eigenvalue weighted by Gasteiger charge is 2.19. The van der Waals surface area contributed by atoms with E-state index in [9.17, 15) is 4.79 Å². The number of anilines is 4. The molecular weight excluding hydrogens is 700 g/mol. The van der Waals surface area contributed by atoms with E-state index < -0.39 is 0 Å². The molecule has 0 atom stereocenters. The minimum atomic E-state index is -0.238. The summed E-state index contributed by atoms with van der Waals surface area (Å²) in [5.74, 6) is 1.03. The number of benzene rings is 4. The Bertz CT molecular complexity index is 2010. The fraction of sp³-hybridized carbons (Fsp3) is 0.0333. The third-order valence-corrected chi connectivity index (χ3v) is 8.88. The number of aromatic nitrogens is 3. The maximum absolute atomic E-state index is 14.0. The molecule has 0 bridgehead atoms. The molecule has 42 heavy (non-hydrogen) atoms. The Labute approximate surface area is 273 Å². The molecule has 0 radical (unpaired) electrons. The molecule has 0 saturated carbocycles. The summed E-state index contributed by atoms with van der Waals surface area (Å²) in [7, 11) is 0. The van der Waals surface area contributed by atoms with Crippen molar-refractivity contribution in [2.24, 2.45) is 0 Å². The van der Waals surface area contributed by atoms with Crippen LogP contribution in [0.2, 0.25) is 20.1 Å². The Morgan fingerprint density at radius 1 is 0.810 bits per heavy atom. The molecule has 0 spiro atoms. The summed E-state index contributed by atoms with van der Waals surface area (Å²) in [4.78, 5) is 23.6. The maximum Gasteiger partial charge on any atom is 0.267 e. The van der Waals surface area contributed by atoms with E-state index in [1.807, 2.05) is 41.8 Å². The van der Waals surface area contributed by atoms with E-state index in [4.69, 9.17) is 56.4 Å². The predicted octanol–water partition coefficient (Wildman–Crippen LogP) is 10.3. The normalized spacial score (nSPS) is 11.2. The first-order chi connectivity index (χ1) is 20.3. The van der Waals surface area contributed by atoms with Gasteiger partial charge in [0.15, 0.2) is 5.13 Å². The van der Waals surface area contributed by atoms with E-state index >= 15 is 0 Å². The van der Waals surface area contributed by atoms with Crippen LogP contribution < -0.4 is 16.2 Å². The Hall–Kier alpha value is -3.11. The molecule has 0 fully saturated rings. The van der Waals surface area contributed by atoms with Gasteiger partial charge in [0.1, 0.15) is 11.6 Å². The lowest BCUT2D eigenvalue weighted by Gasteiger charge is -2.16. The highest BCUT2D eigenvalue weighted by atomic mass is 79.9. The molecule has 0 aliphatic rings. The van der Waals surface area contributed by atoms with Gasteiger partial charge in [-0.2, -0.15) is 0 Å². The molecule has 2 aromatic heterocycles. The monoisotopic (exact) mass is 715 g/mol. The van der Waals surface area contributed by atoms with Gasteiger partial charge >= 0.3 is 0 Å². The predicted molar refractivity (Wildman–Crippen MR) is 179 cm³/mol. The number of nitrogens with one attached hydrogen (secondary N) is 2. The second kappa shape index (κ2) is 12.2. The summed E-state index contributed by atoms with van der Waals surface area (Å²) in [5.41, 5.74) is 3.20. The van der Waals surface area contributed by atoms with Crippen molar-refractivity contribution in [1.29, 1.82) is 0 Å². The van der Waals surface area contributed by atoms with E-state index in [0.717, 1.165) is 15.7 Å². The molecule has 0 amide bonds. The van der Waals surface area contributed by atoms with Crippen LogP contribution in [0.15, 0.2) is 93.5 Å². The lowest BCUT2D eigenvalue weighted by Crippen LogP contribution is -2.24. The van der Waals surface area contributed by atoms with Crippen molar-refractivity contribution in [3.8, 4) is 5.13 Å². The number of hydrogen-bond donors (Lipinski definition) is 2. The summed E-state index contributed by atoms with van der Waals surface area (Å²) in [6.07, 6.45) is 0.314. The third kappa shape index (κ3) is 6.01. The SMILES string of the molecule is O=c1c2cc(Br)ccc2nc(Cc2ccccc2Nc2c(Cl)cccc2Cl)n1-c1nc(Nc2cc(Cl)ccc2Cl)cs1. The van der Waals surface area contributed by atoms with Gasteiger partial charge in [0, 0.05) is 27.0 Å². The van der Waals surface area contributed by atoms with Crippen LogP contribution in [-0.4, -0.2) is 14.5 Å². The van der Waals surface area contributed by atoms with E-state index in [1.54, 1.807) is 47.0 Å². The summed E-state index contributed by atoms with van der Waals surface area (Å²) < 4.78 is 2.32. The molecule has 2 N–H and O–H groups in total. The first-order valence-electron chi connectivity index (χ1n) is 12.4. The highest BCUT2D eigenvalue weighted by Crippen LogP contribution is 2.35. The molecule has 0 saturated heterocycles. The average Bonchev–Trinajstić information content (AvgIpc) is 3.42. The minimum Gasteiger partial charge on any atom is -0.353 e. The van der Waals surface area contributed by atoms with Crippen LogP contribution in [-0.2, 0) is 6.42 Å². The highest BCUT2D eigenvalue weighted by molar-refractivity contribution is 9.10. The standard InChI is InChI=1S/C30H18BrCl4N5OS/c31-17-8-11-24-19(13-17)29(41)40(30-39-26(15-42-30)36-25-14-18(32)9-10-20(25)33)27(37-24)12-16-4-1-2-7-23(16)38-28-21(34)5-3-6-22(28)35/h1-11,13-15,36,38H,12H2. The third-order valence-electron chi connectivity index (χ3n) is 6.36. The number of rotatable bonds is 7. The van der Waals surface area contributed by atoms with Gasteiger partial charge in [-0.05, 0) is 60.2 Å². The van der Waals surface area contributed by atoms with Crippen LogP contribution in [0.4, 0.5) is 22.9 Å². The number of thiazole rings is 1. The van der Waals surface area contributed by atoms with Crippen molar-refractivity contribution in [2.45, 2.75) is 6.42 Å². The fourth-order valence-electron chi connectivity index (χ4n) is 4.39. The molecule has 210 valence electrons. The van der Waals surface area contributed by atoms with Crippen LogP contribution >= 0.6 is 73.7 Å². The van der Waals surface area contributed by atoms with Crippen molar-refractivity contribution < 1.29 is 0 Å². The van der Waals surface area contributed by atoms with Crippen molar-refractivity contribution in [3.63, 3.8) is 0 Å². The molecule has 4 aromatic carbocycles. The quantitative estimate of drug-likeness (QED) is 0.172. The number of para-hydroxylation sites is 2. The van der Waals surface area contributed by atoms with Gasteiger partial charge in [0.05, 0.1) is 37.3 Å². The Morgan fingerprint density at radius 2 is 1.60 bits per heavy atom. The molecule has 12 heteroatoms. The van der Waals surface area contributed by atoms with Crippen LogP contribution in [0.1, 0.15) is 11.4 Å². The summed E-state index contributed by atoms with van der Waals surface area (Å²) in [6.45, 7) is 0. The van der Waals surface area contributed by atoms with Crippen LogP contribution in [0.3, 0.4) is 0 Å². The second-order valence-electron chi connectivity index (χ2n) is 9.15. The molecule has 0 unspecified atom stereocenters. The van der Waals surface area contributed by atoms with Crippen molar-refractivity contribution >= 4 is 107 Å². The van der Waals surface area contributed by atoms with E-state index in [1.165, 1.54) is 11.3 Å². The number of halogens is 5. The molecule has 0 aliphatic heterocycles. The molecule has 6 nitrogen and oxygen atoms in total. The van der Waals surface area contributed by atoms with Crippen LogP contribution in [0.25, 0.3) is 16.0 Å². The first-order valence-corrected chi connectivity index (χ1v) is 15.6. The first kappa shape index (κ1) is 29.0.